The van der Waals surface area contributed by atoms with Gasteiger partial charge in [-0.25, -0.2) is 0 Å². The van der Waals surface area contributed by atoms with E-state index in [1.807, 2.05) is 30.3 Å². The van der Waals surface area contributed by atoms with E-state index in [0.717, 1.165) is 17.8 Å². The van der Waals surface area contributed by atoms with Crippen LogP contribution in [0.15, 0.2) is 59.5 Å². The molecule has 0 unspecified atom stereocenters. The molecule has 0 fully saturated rings. The van der Waals surface area contributed by atoms with Crippen LogP contribution >= 0.6 is 11.8 Å². The van der Waals surface area contributed by atoms with Gasteiger partial charge in [-0.1, -0.05) is 18.2 Å². The van der Waals surface area contributed by atoms with Gasteiger partial charge < -0.3 is 4.74 Å². The molecule has 2 nitrogen and oxygen atoms in total. The molecule has 0 saturated heterocycles. The Morgan fingerprint density at radius 1 is 1.00 bits per heavy atom. The van der Waals surface area contributed by atoms with Gasteiger partial charge >= 0.3 is 0 Å². The highest BCUT2D eigenvalue weighted by molar-refractivity contribution is 7.99. The van der Waals surface area contributed by atoms with Crippen LogP contribution in [0.4, 0.5) is 0 Å². The first-order valence-electron chi connectivity index (χ1n) is 5.74. The Kier molecular flexibility index (Phi) is 4.85. The van der Waals surface area contributed by atoms with Crippen LogP contribution < -0.4 is 4.74 Å². The second-order valence-corrected chi connectivity index (χ2v) is 4.87. The van der Waals surface area contributed by atoms with Crippen LogP contribution in [-0.2, 0) is 0 Å². The van der Waals surface area contributed by atoms with E-state index in [1.165, 1.54) is 4.90 Å². The van der Waals surface area contributed by atoms with Gasteiger partial charge in [0.25, 0.3) is 0 Å². The number of carbonyl (C=O) groups is 1. The van der Waals surface area contributed by atoms with E-state index in [1.54, 1.807) is 23.9 Å². The molecule has 0 N–H and O–H groups in total. The summed E-state index contributed by atoms with van der Waals surface area (Å²) >= 11 is 1.77. The summed E-state index contributed by atoms with van der Waals surface area (Å²) in [6.45, 7) is 0.653. The minimum atomic E-state index is 0.653. The normalized spacial score (nSPS) is 10.0. The summed E-state index contributed by atoms with van der Waals surface area (Å²) in [5.74, 6) is 1.70. The fourth-order valence-electron chi connectivity index (χ4n) is 1.48. The smallest absolute Gasteiger partial charge is 0.150 e. The molecule has 2 aromatic rings. The van der Waals surface area contributed by atoms with Gasteiger partial charge in [0, 0.05) is 16.2 Å². The molecule has 0 aliphatic rings. The molecule has 0 aromatic heterocycles. The second-order valence-electron chi connectivity index (χ2n) is 3.70. The van der Waals surface area contributed by atoms with Crippen molar-refractivity contribution in [2.75, 3.05) is 12.4 Å². The fraction of sp³-hybridized carbons (Fsp3) is 0.133. The molecule has 0 radical (unpaired) electrons. The molecule has 92 valence electrons. The summed E-state index contributed by atoms with van der Waals surface area (Å²) in [6.07, 6.45) is 0.828. The summed E-state index contributed by atoms with van der Waals surface area (Å²) < 4.78 is 5.59. The molecule has 2 aromatic carbocycles. The zero-order valence-corrected chi connectivity index (χ0v) is 10.7. The predicted octanol–water partition coefficient (Wildman–Crippen LogP) is 3.67. The quantitative estimate of drug-likeness (QED) is 0.449. The number of carbonyl (C=O) groups excluding carboxylic acids is 1. The van der Waals surface area contributed by atoms with Crippen molar-refractivity contribution in [3.05, 3.63) is 60.2 Å². The van der Waals surface area contributed by atoms with Gasteiger partial charge in [0.2, 0.25) is 0 Å². The number of benzene rings is 2. The van der Waals surface area contributed by atoms with Crippen molar-refractivity contribution in [3.8, 4) is 5.75 Å². The monoisotopic (exact) mass is 258 g/mol. The van der Waals surface area contributed by atoms with Crippen LogP contribution in [0.5, 0.6) is 5.75 Å². The molecular weight excluding hydrogens is 244 g/mol. The number of thioether (sulfide) groups is 1. The minimum absolute atomic E-state index is 0.653. The third kappa shape index (κ3) is 3.93. The largest absolute Gasteiger partial charge is 0.493 e. The first-order valence-corrected chi connectivity index (χ1v) is 6.73. The lowest BCUT2D eigenvalue weighted by molar-refractivity contribution is 0.112. The maximum absolute atomic E-state index is 10.5. The number of ether oxygens (including phenoxy) is 1. The third-order valence-electron chi connectivity index (χ3n) is 2.38. The summed E-state index contributed by atoms with van der Waals surface area (Å²) in [7, 11) is 0. The highest BCUT2D eigenvalue weighted by Crippen LogP contribution is 2.17. The van der Waals surface area contributed by atoms with E-state index in [0.29, 0.717) is 12.2 Å². The number of rotatable bonds is 6. The number of hydrogen-bond acceptors (Lipinski definition) is 3. The Morgan fingerprint density at radius 2 is 1.72 bits per heavy atom. The van der Waals surface area contributed by atoms with Crippen molar-refractivity contribution in [1.29, 1.82) is 0 Å². The molecule has 18 heavy (non-hydrogen) atoms. The van der Waals surface area contributed by atoms with E-state index < -0.39 is 0 Å². The van der Waals surface area contributed by atoms with Crippen molar-refractivity contribution in [2.45, 2.75) is 4.90 Å². The minimum Gasteiger partial charge on any atom is -0.493 e. The van der Waals surface area contributed by atoms with Crippen molar-refractivity contribution < 1.29 is 9.53 Å². The Balaban J connectivity index is 1.73. The van der Waals surface area contributed by atoms with Gasteiger partial charge in [-0.05, 0) is 36.4 Å². The molecule has 0 amide bonds. The van der Waals surface area contributed by atoms with E-state index in [4.69, 9.17) is 4.74 Å². The molecule has 0 spiro atoms. The molecule has 0 bridgehead atoms. The van der Waals surface area contributed by atoms with Crippen molar-refractivity contribution in [1.82, 2.24) is 0 Å². The highest BCUT2D eigenvalue weighted by Gasteiger charge is 1.96. The Morgan fingerprint density at radius 3 is 2.39 bits per heavy atom. The molecule has 2 rings (SSSR count). The lowest BCUT2D eigenvalue weighted by Crippen LogP contribution is -1.99. The SMILES string of the molecule is O=Cc1ccc(OCCSc2ccccc2)cc1. The zero-order valence-electron chi connectivity index (χ0n) is 9.91. The predicted molar refractivity (Wildman–Crippen MR) is 74.5 cm³/mol. The van der Waals surface area contributed by atoms with Gasteiger partial charge in [0.15, 0.2) is 0 Å². The molecule has 0 heterocycles. The van der Waals surface area contributed by atoms with Gasteiger partial charge in [-0.15, -0.1) is 11.8 Å². The average molecular weight is 258 g/mol. The van der Waals surface area contributed by atoms with E-state index in [-0.39, 0.29) is 0 Å². The van der Waals surface area contributed by atoms with Crippen molar-refractivity contribution in [3.63, 3.8) is 0 Å². The number of aldehydes is 1. The van der Waals surface area contributed by atoms with Crippen molar-refractivity contribution in [2.24, 2.45) is 0 Å². The van der Waals surface area contributed by atoms with Gasteiger partial charge in [-0.3, -0.25) is 4.79 Å². The van der Waals surface area contributed by atoms with Crippen LogP contribution in [0.2, 0.25) is 0 Å². The van der Waals surface area contributed by atoms with E-state index in [9.17, 15) is 4.79 Å². The van der Waals surface area contributed by atoms with Gasteiger partial charge in [0.1, 0.15) is 12.0 Å². The van der Waals surface area contributed by atoms with Crippen LogP contribution in [-0.4, -0.2) is 18.6 Å². The number of hydrogen-bond donors (Lipinski definition) is 0. The summed E-state index contributed by atoms with van der Waals surface area (Å²) in [6, 6.07) is 17.4. The van der Waals surface area contributed by atoms with Crippen LogP contribution in [0.3, 0.4) is 0 Å². The summed E-state index contributed by atoms with van der Waals surface area (Å²) in [5, 5.41) is 0. The van der Waals surface area contributed by atoms with Gasteiger partial charge in [0.05, 0.1) is 6.61 Å². The maximum Gasteiger partial charge on any atom is 0.150 e. The topological polar surface area (TPSA) is 26.3 Å². The molecular formula is C15H14O2S. The Bertz CT molecular complexity index is 480. The second kappa shape index (κ2) is 6.87. The van der Waals surface area contributed by atoms with E-state index >= 15 is 0 Å². The molecule has 0 aliphatic heterocycles. The zero-order chi connectivity index (χ0) is 12.6. The lowest BCUT2D eigenvalue weighted by Gasteiger charge is -2.06. The van der Waals surface area contributed by atoms with Crippen LogP contribution in [0, 0.1) is 0 Å². The van der Waals surface area contributed by atoms with Crippen LogP contribution in [0.1, 0.15) is 10.4 Å². The first-order chi connectivity index (χ1) is 8.88. The molecule has 0 aliphatic carbocycles. The van der Waals surface area contributed by atoms with Gasteiger partial charge in [-0.2, -0.15) is 0 Å². The Hall–Kier alpha value is -1.74. The third-order valence-corrected chi connectivity index (χ3v) is 3.36. The average Bonchev–Trinajstić information content (AvgIpc) is 2.45. The fourth-order valence-corrected chi connectivity index (χ4v) is 2.23. The maximum atomic E-state index is 10.5. The molecule has 0 saturated carbocycles. The first kappa shape index (κ1) is 12.7. The summed E-state index contributed by atoms with van der Waals surface area (Å²) in [4.78, 5) is 11.7. The molecule has 0 atom stereocenters. The highest BCUT2D eigenvalue weighted by atomic mass is 32.2. The summed E-state index contributed by atoms with van der Waals surface area (Å²) in [5.41, 5.74) is 0.668. The molecule has 3 heteroatoms. The lowest BCUT2D eigenvalue weighted by atomic mass is 10.2. The van der Waals surface area contributed by atoms with Crippen LogP contribution in [0.25, 0.3) is 0 Å². The van der Waals surface area contributed by atoms with E-state index in [2.05, 4.69) is 12.1 Å². The standard InChI is InChI=1S/C15H14O2S/c16-12-13-6-8-14(9-7-13)17-10-11-18-15-4-2-1-3-5-15/h1-9,12H,10-11H2. The Labute approximate surface area is 111 Å². The van der Waals surface area contributed by atoms with Crippen molar-refractivity contribution >= 4 is 18.0 Å².